The van der Waals surface area contributed by atoms with Crippen LogP contribution in [0.25, 0.3) is 0 Å². The quantitative estimate of drug-likeness (QED) is 0.105. The van der Waals surface area contributed by atoms with Crippen LogP contribution >= 0.6 is 0 Å². The van der Waals surface area contributed by atoms with Gasteiger partial charge in [-0.05, 0) is 141 Å². The number of alkyl carbamates (subject to hydrolysis) is 3. The van der Waals surface area contributed by atoms with Crippen LogP contribution in [-0.2, 0) is 38.0 Å². The van der Waals surface area contributed by atoms with Crippen molar-refractivity contribution < 1.29 is 77.6 Å². The van der Waals surface area contributed by atoms with Crippen molar-refractivity contribution in [1.29, 1.82) is 0 Å². The van der Waals surface area contributed by atoms with Crippen LogP contribution in [0.4, 0.5) is 19.2 Å². The van der Waals surface area contributed by atoms with Gasteiger partial charge in [-0.3, -0.25) is 4.79 Å². The Kier molecular flexibility index (Phi) is 19.9. The number of nitrogens with zero attached hydrogens (tertiary/aromatic N) is 1. The molecule has 4 aliphatic rings. The van der Waals surface area contributed by atoms with Crippen molar-refractivity contribution >= 4 is 30.3 Å². The van der Waals surface area contributed by atoms with Crippen molar-refractivity contribution in [2.45, 2.75) is 217 Å². The van der Waals surface area contributed by atoms with Crippen LogP contribution in [0.5, 0.6) is 0 Å². The molecule has 3 fully saturated rings. The van der Waals surface area contributed by atoms with Gasteiger partial charge < -0.3 is 90.8 Å². The van der Waals surface area contributed by atoms with Gasteiger partial charge in [-0.1, -0.05) is 0 Å². The average Bonchev–Trinajstić information content (AvgIpc) is 3.18. The zero-order chi connectivity index (χ0) is 53.6. The third-order valence-electron chi connectivity index (χ3n) is 12.2. The van der Waals surface area contributed by atoms with Crippen LogP contribution < -0.4 is 32.3 Å². The fourth-order valence-corrected chi connectivity index (χ4v) is 9.16. The molecule has 2 aliphatic carbocycles. The molecule has 408 valence electrons. The molecule has 4 rings (SSSR count). The van der Waals surface area contributed by atoms with Crippen LogP contribution in [0.3, 0.4) is 0 Å². The number of carbonyl (C=O) groups excluding carboxylic acids is 5. The van der Waals surface area contributed by atoms with Crippen LogP contribution in [0.1, 0.15) is 122 Å². The van der Waals surface area contributed by atoms with Crippen LogP contribution in [0, 0.1) is 11.8 Å². The molecule has 0 bridgehead atoms. The van der Waals surface area contributed by atoms with Gasteiger partial charge in [0, 0.05) is 37.6 Å². The summed E-state index contributed by atoms with van der Waals surface area (Å²) >= 11 is 0. The Morgan fingerprint density at radius 1 is 0.803 bits per heavy atom. The molecular formula is C48H85N7O16. The Hall–Kier alpha value is -4.23. The molecule has 12 atom stereocenters. The number of amides is 5. The lowest BCUT2D eigenvalue weighted by atomic mass is 9.71. The summed E-state index contributed by atoms with van der Waals surface area (Å²) < 4.78 is 40.9. The second kappa shape index (κ2) is 23.8. The minimum absolute atomic E-state index is 0.00467. The molecule has 23 heteroatoms. The van der Waals surface area contributed by atoms with Crippen LogP contribution in [0.15, 0.2) is 11.8 Å². The zero-order valence-corrected chi connectivity index (χ0v) is 44.2. The van der Waals surface area contributed by atoms with Crippen molar-refractivity contribution in [3.63, 3.8) is 0 Å². The van der Waals surface area contributed by atoms with Crippen molar-refractivity contribution in [3.8, 4) is 0 Å². The second-order valence-electron chi connectivity index (χ2n) is 23.5. The van der Waals surface area contributed by atoms with E-state index in [-0.39, 0.29) is 37.9 Å². The fourth-order valence-electron chi connectivity index (χ4n) is 9.16. The molecule has 23 nitrogen and oxygen atoms in total. The largest absolute Gasteiger partial charge is 0.492 e. The highest BCUT2D eigenvalue weighted by atomic mass is 16.7. The third-order valence-corrected chi connectivity index (χ3v) is 12.2. The Morgan fingerprint density at radius 2 is 1.37 bits per heavy atom. The maximum atomic E-state index is 13.9. The molecule has 2 saturated carbocycles. The van der Waals surface area contributed by atoms with Gasteiger partial charge in [0.1, 0.15) is 58.2 Å². The lowest BCUT2D eigenvalue weighted by molar-refractivity contribution is -0.306. The maximum Gasteiger partial charge on any atom is 0.410 e. The number of rotatable bonds is 15. The first-order valence-corrected chi connectivity index (χ1v) is 24.6. The number of hydrogen-bond acceptors (Lipinski definition) is 18. The standard InChI is InChI=1S/C48H85N7O16/c1-44(2,3)68-40(60)50-18-17-31(56)38(59)53-30-21-29(54-42(62)70-46(7,8)9)32(33(57)36(30)67-39-34(58)37(48(13,64)24-65-39)55(14)43(63)71-47(10,11)12)35-28(16-15-27(22-49)66-35)51-23-25-19-26(20-25)52-41(61)69-45(4,5)6/h15,25-26,28-37,39,51,56-58,64H,16-24,49H2,1-14H3,(H,50,60)(H,52,61)(H,53,59)(H,54,62)/t25-,26-,28-,29+,30-,31+,32?,33+,34-,35+,36+,37-,39-,48+/m1/s1. The zero-order valence-electron chi connectivity index (χ0n) is 44.2. The minimum atomic E-state index is -1.84. The first-order valence-electron chi connectivity index (χ1n) is 24.6. The highest BCUT2D eigenvalue weighted by molar-refractivity contribution is 5.81. The van der Waals surface area contributed by atoms with Crippen molar-refractivity contribution in [3.05, 3.63) is 11.8 Å². The van der Waals surface area contributed by atoms with Gasteiger partial charge in [-0.2, -0.15) is 0 Å². The highest BCUT2D eigenvalue weighted by Crippen LogP contribution is 2.39. The van der Waals surface area contributed by atoms with Gasteiger partial charge in [-0.15, -0.1) is 0 Å². The van der Waals surface area contributed by atoms with E-state index >= 15 is 0 Å². The SMILES string of the molecule is CN(C(=O)OC(C)(C)C)[C@@H]1[C@@H](O)[C@@H](O[C@H]2[C@H](NC(=O)[C@@H](O)CCNC(=O)OC(C)(C)C)C[C@H](NC(=O)OC(C)(C)C)C([C@H]3OC(CN)=CC[C@H]3NC[C@H]3C[C@H](NC(=O)OC(C)(C)C)C3)[C@@H]2O)OC[C@]1(C)O. The number of aliphatic hydroxyl groups excluding tert-OH is 3. The molecule has 1 saturated heterocycles. The molecule has 71 heavy (non-hydrogen) atoms. The Bertz CT molecular complexity index is 1850. The van der Waals surface area contributed by atoms with E-state index in [9.17, 15) is 44.4 Å². The molecule has 11 N–H and O–H groups in total. The summed E-state index contributed by atoms with van der Waals surface area (Å²) in [5.41, 5.74) is 0.984. The van der Waals surface area contributed by atoms with E-state index in [0.29, 0.717) is 31.6 Å². The van der Waals surface area contributed by atoms with Gasteiger partial charge in [0.15, 0.2) is 6.29 Å². The summed E-state index contributed by atoms with van der Waals surface area (Å²) in [5.74, 6) is -1.42. The van der Waals surface area contributed by atoms with E-state index in [1.165, 1.54) is 14.0 Å². The van der Waals surface area contributed by atoms with E-state index in [1.807, 2.05) is 6.08 Å². The lowest BCUT2D eigenvalue weighted by Gasteiger charge is -2.52. The van der Waals surface area contributed by atoms with E-state index in [4.69, 9.17) is 38.9 Å². The summed E-state index contributed by atoms with van der Waals surface area (Å²) in [6, 6.07) is -4.24. The molecule has 2 heterocycles. The van der Waals surface area contributed by atoms with Gasteiger partial charge >= 0.3 is 24.4 Å². The molecule has 0 aromatic heterocycles. The lowest BCUT2D eigenvalue weighted by Crippen LogP contribution is -2.71. The number of carbonyl (C=O) groups is 5. The fraction of sp³-hybridized carbons (Fsp3) is 0.854. The Balaban J connectivity index is 1.70. The molecule has 0 radical (unpaired) electrons. The molecule has 2 aliphatic heterocycles. The third kappa shape index (κ3) is 18.0. The van der Waals surface area contributed by atoms with Crippen molar-refractivity contribution in [2.75, 3.05) is 33.3 Å². The van der Waals surface area contributed by atoms with Gasteiger partial charge in [-0.25, -0.2) is 19.2 Å². The van der Waals surface area contributed by atoms with E-state index in [0.717, 1.165) is 4.90 Å². The molecule has 0 aromatic rings. The summed E-state index contributed by atoms with van der Waals surface area (Å²) in [4.78, 5) is 66.7. The topological polar surface area (TPSA) is 320 Å². The summed E-state index contributed by atoms with van der Waals surface area (Å²) in [5, 5.41) is 62.1. The number of likely N-dealkylation sites (N-methyl/N-ethyl adjacent to an activating group) is 1. The number of nitrogens with one attached hydrogen (secondary N) is 5. The molecule has 0 aromatic carbocycles. The van der Waals surface area contributed by atoms with Crippen molar-refractivity contribution in [1.82, 2.24) is 31.5 Å². The molecular weight excluding hydrogens is 931 g/mol. The number of nitrogens with two attached hydrogens (primary N) is 1. The molecule has 1 unspecified atom stereocenters. The normalized spacial score (nSPS) is 31.8. The number of aliphatic hydroxyl groups is 4. The van der Waals surface area contributed by atoms with E-state index in [2.05, 4.69) is 26.6 Å². The summed E-state index contributed by atoms with van der Waals surface area (Å²) in [7, 11) is 1.34. The summed E-state index contributed by atoms with van der Waals surface area (Å²) in [6.45, 7) is 21.7. The van der Waals surface area contributed by atoms with E-state index in [1.54, 1.807) is 83.1 Å². The van der Waals surface area contributed by atoms with Crippen LogP contribution in [0.2, 0.25) is 0 Å². The number of ether oxygens (including phenoxy) is 7. The molecule has 0 spiro atoms. The van der Waals surface area contributed by atoms with Gasteiger partial charge in [0.25, 0.3) is 0 Å². The van der Waals surface area contributed by atoms with Gasteiger partial charge in [0.05, 0.1) is 31.3 Å². The van der Waals surface area contributed by atoms with Crippen molar-refractivity contribution in [2.24, 2.45) is 17.6 Å². The Morgan fingerprint density at radius 3 is 1.93 bits per heavy atom. The van der Waals surface area contributed by atoms with Gasteiger partial charge in [0.2, 0.25) is 5.91 Å². The smallest absolute Gasteiger partial charge is 0.410 e. The monoisotopic (exact) mass is 1020 g/mol. The minimum Gasteiger partial charge on any atom is -0.492 e. The highest BCUT2D eigenvalue weighted by Gasteiger charge is 2.56. The van der Waals surface area contributed by atoms with E-state index < -0.39 is 132 Å². The maximum absolute atomic E-state index is 13.9. The predicted octanol–water partition coefficient (Wildman–Crippen LogP) is 2.00. The predicted molar refractivity (Wildman–Crippen MR) is 257 cm³/mol. The summed E-state index contributed by atoms with van der Waals surface area (Å²) in [6.07, 6.45) is -9.02. The van der Waals surface area contributed by atoms with Crippen LogP contribution in [-0.4, -0.2) is 184 Å². The Labute approximate surface area is 418 Å². The first-order chi connectivity index (χ1) is 32.6. The molecule has 5 amide bonds. The first kappa shape index (κ1) is 59.3. The average molecular weight is 1020 g/mol. The second-order valence-corrected chi connectivity index (χ2v) is 23.5. The number of hydrogen-bond donors (Lipinski definition) is 10.